The van der Waals surface area contributed by atoms with Crippen molar-refractivity contribution in [2.24, 2.45) is 29.1 Å². The second-order valence-corrected chi connectivity index (χ2v) is 7.13. The first-order valence-electron chi connectivity index (χ1n) is 7.28. The molecule has 1 amide bonds. The van der Waals surface area contributed by atoms with E-state index in [1.54, 1.807) is 0 Å². The highest BCUT2D eigenvalue weighted by Gasteiger charge is 2.66. The monoisotopic (exact) mass is 267 g/mol. The van der Waals surface area contributed by atoms with E-state index in [4.69, 9.17) is 5.11 Å². The van der Waals surface area contributed by atoms with E-state index in [2.05, 4.69) is 19.2 Å². The zero-order valence-corrected chi connectivity index (χ0v) is 12.3. The van der Waals surface area contributed by atoms with Crippen molar-refractivity contribution < 1.29 is 14.7 Å². The molecule has 0 heterocycles. The van der Waals surface area contributed by atoms with Crippen LogP contribution in [0.15, 0.2) is 0 Å². The lowest BCUT2D eigenvalue weighted by Gasteiger charge is -2.33. The highest BCUT2D eigenvalue weighted by molar-refractivity contribution is 5.91. The van der Waals surface area contributed by atoms with E-state index in [9.17, 15) is 9.59 Å². The molecule has 3 unspecified atom stereocenters. The highest BCUT2D eigenvalue weighted by atomic mass is 16.4. The van der Waals surface area contributed by atoms with Crippen LogP contribution in [0.25, 0.3) is 0 Å². The number of carboxylic acid groups (broad SMARTS) is 1. The highest BCUT2D eigenvalue weighted by Crippen LogP contribution is 2.58. The molecule has 108 valence electrons. The number of carbonyl (C=O) groups excluding carboxylic acids is 1. The summed E-state index contributed by atoms with van der Waals surface area (Å²) in [6.07, 6.45) is 3.30. The SMILES string of the molecule is CC1CCC(NC(=O)[C@H]2[C@@H](C(=O)O)C2(C)C)C(C)C1. The summed E-state index contributed by atoms with van der Waals surface area (Å²) in [7, 11) is 0. The third kappa shape index (κ3) is 2.63. The molecular weight excluding hydrogens is 242 g/mol. The fraction of sp³-hybridized carbons (Fsp3) is 0.867. The summed E-state index contributed by atoms with van der Waals surface area (Å²) < 4.78 is 0. The van der Waals surface area contributed by atoms with Gasteiger partial charge in [-0.3, -0.25) is 9.59 Å². The van der Waals surface area contributed by atoms with Gasteiger partial charge in [0.05, 0.1) is 11.8 Å². The average molecular weight is 267 g/mol. The van der Waals surface area contributed by atoms with Crippen LogP contribution in [0.2, 0.25) is 0 Å². The van der Waals surface area contributed by atoms with Crippen LogP contribution < -0.4 is 5.32 Å². The van der Waals surface area contributed by atoms with Crippen LogP contribution in [0.1, 0.15) is 47.0 Å². The first kappa shape index (κ1) is 14.4. The predicted molar refractivity (Wildman–Crippen MR) is 72.5 cm³/mol. The molecule has 0 aromatic carbocycles. The van der Waals surface area contributed by atoms with Gasteiger partial charge in [-0.2, -0.15) is 0 Å². The first-order valence-corrected chi connectivity index (χ1v) is 7.28. The summed E-state index contributed by atoms with van der Waals surface area (Å²) in [6, 6.07) is 0.217. The molecule has 4 heteroatoms. The van der Waals surface area contributed by atoms with E-state index >= 15 is 0 Å². The molecule has 5 atom stereocenters. The predicted octanol–water partition coefficient (Wildman–Crippen LogP) is 2.28. The summed E-state index contributed by atoms with van der Waals surface area (Å²) in [5, 5.41) is 12.2. The summed E-state index contributed by atoms with van der Waals surface area (Å²) in [5.74, 6) is -0.591. The average Bonchev–Trinajstić information content (AvgIpc) is 2.86. The van der Waals surface area contributed by atoms with Gasteiger partial charge in [0, 0.05) is 6.04 Å². The summed E-state index contributed by atoms with van der Waals surface area (Å²) in [6.45, 7) is 8.15. The molecule has 4 nitrogen and oxygen atoms in total. The van der Waals surface area contributed by atoms with Crippen molar-refractivity contribution in [3.8, 4) is 0 Å². The molecule has 2 N–H and O–H groups in total. The van der Waals surface area contributed by atoms with Crippen LogP contribution in [-0.2, 0) is 9.59 Å². The van der Waals surface area contributed by atoms with E-state index in [0.29, 0.717) is 5.92 Å². The molecule has 0 bridgehead atoms. The minimum absolute atomic E-state index is 0.0659. The van der Waals surface area contributed by atoms with Crippen LogP contribution in [-0.4, -0.2) is 23.0 Å². The van der Waals surface area contributed by atoms with Gasteiger partial charge in [0.1, 0.15) is 0 Å². The van der Waals surface area contributed by atoms with Crippen LogP contribution in [0.3, 0.4) is 0 Å². The smallest absolute Gasteiger partial charge is 0.307 e. The maximum absolute atomic E-state index is 12.3. The number of carbonyl (C=O) groups is 2. The van der Waals surface area contributed by atoms with Gasteiger partial charge in [0.25, 0.3) is 0 Å². The summed E-state index contributed by atoms with van der Waals surface area (Å²) in [4.78, 5) is 23.4. The van der Waals surface area contributed by atoms with Crippen LogP contribution in [0.5, 0.6) is 0 Å². The van der Waals surface area contributed by atoms with Crippen molar-refractivity contribution in [3.63, 3.8) is 0 Å². The lowest BCUT2D eigenvalue weighted by atomic mass is 9.80. The zero-order valence-electron chi connectivity index (χ0n) is 12.3. The maximum atomic E-state index is 12.3. The molecule has 2 aliphatic rings. The quantitative estimate of drug-likeness (QED) is 0.824. The fourth-order valence-corrected chi connectivity index (χ4v) is 3.74. The second kappa shape index (κ2) is 4.80. The molecule has 2 aliphatic carbocycles. The molecule has 2 saturated carbocycles. The maximum Gasteiger partial charge on any atom is 0.307 e. The Kier molecular flexibility index (Phi) is 3.63. The van der Waals surface area contributed by atoms with Gasteiger partial charge in [0.2, 0.25) is 5.91 Å². The van der Waals surface area contributed by atoms with Crippen molar-refractivity contribution in [1.29, 1.82) is 0 Å². The molecule has 2 rings (SSSR count). The first-order chi connectivity index (χ1) is 8.75. The normalized spacial score (nSPS) is 40.5. The molecule has 2 fully saturated rings. The number of rotatable bonds is 3. The van der Waals surface area contributed by atoms with Crippen molar-refractivity contribution >= 4 is 11.9 Å². The van der Waals surface area contributed by atoms with Crippen molar-refractivity contribution in [2.45, 2.75) is 53.0 Å². The second-order valence-electron chi connectivity index (χ2n) is 7.13. The Hall–Kier alpha value is -1.06. The van der Waals surface area contributed by atoms with E-state index in [1.807, 2.05) is 13.8 Å². The minimum atomic E-state index is -0.851. The topological polar surface area (TPSA) is 66.4 Å². The number of aliphatic carboxylic acids is 1. The molecule has 0 aromatic rings. The number of hydrogen-bond donors (Lipinski definition) is 2. The number of nitrogens with one attached hydrogen (secondary N) is 1. The van der Waals surface area contributed by atoms with Gasteiger partial charge >= 0.3 is 5.97 Å². The largest absolute Gasteiger partial charge is 0.481 e. The molecular formula is C15H25NO3. The fourth-order valence-electron chi connectivity index (χ4n) is 3.74. The van der Waals surface area contributed by atoms with E-state index in [-0.39, 0.29) is 17.9 Å². The molecule has 0 saturated heterocycles. The lowest BCUT2D eigenvalue weighted by molar-refractivity contribution is -0.140. The van der Waals surface area contributed by atoms with Gasteiger partial charge in [-0.1, -0.05) is 27.7 Å². The Morgan fingerprint density at radius 2 is 1.79 bits per heavy atom. The van der Waals surface area contributed by atoms with E-state index < -0.39 is 17.3 Å². The summed E-state index contributed by atoms with van der Waals surface area (Å²) in [5.41, 5.74) is -0.402. The third-order valence-electron chi connectivity index (χ3n) is 5.14. The Labute approximate surface area is 115 Å². The van der Waals surface area contributed by atoms with Crippen molar-refractivity contribution in [1.82, 2.24) is 5.32 Å². The van der Waals surface area contributed by atoms with Crippen molar-refractivity contribution in [2.75, 3.05) is 0 Å². The van der Waals surface area contributed by atoms with Crippen LogP contribution in [0, 0.1) is 29.1 Å². The Morgan fingerprint density at radius 3 is 2.26 bits per heavy atom. The standard InChI is InChI=1S/C15H25NO3/c1-8-5-6-10(9(2)7-8)16-13(17)11-12(14(18)19)15(11,3)4/h8-12H,5-7H2,1-4H3,(H,16,17)(H,18,19)/t8?,9?,10?,11-,12+/m1/s1. The molecule has 0 aliphatic heterocycles. The Balaban J connectivity index is 1.94. The number of amides is 1. The van der Waals surface area contributed by atoms with Crippen LogP contribution in [0.4, 0.5) is 0 Å². The molecule has 0 radical (unpaired) electrons. The van der Waals surface area contributed by atoms with Crippen molar-refractivity contribution in [3.05, 3.63) is 0 Å². The lowest BCUT2D eigenvalue weighted by Crippen LogP contribution is -2.43. The minimum Gasteiger partial charge on any atom is -0.481 e. The Bertz CT molecular complexity index is 391. The number of carboxylic acids is 1. The third-order valence-corrected chi connectivity index (χ3v) is 5.14. The molecule has 19 heavy (non-hydrogen) atoms. The van der Waals surface area contributed by atoms with E-state index in [1.165, 1.54) is 0 Å². The summed E-state index contributed by atoms with van der Waals surface area (Å²) >= 11 is 0. The number of hydrogen-bond acceptors (Lipinski definition) is 2. The van der Waals surface area contributed by atoms with Gasteiger partial charge in [-0.25, -0.2) is 0 Å². The van der Waals surface area contributed by atoms with Gasteiger partial charge in [0.15, 0.2) is 0 Å². The van der Waals surface area contributed by atoms with Gasteiger partial charge in [-0.05, 0) is 36.5 Å². The van der Waals surface area contributed by atoms with Crippen LogP contribution >= 0.6 is 0 Å². The zero-order chi connectivity index (χ0) is 14.4. The van der Waals surface area contributed by atoms with E-state index in [0.717, 1.165) is 25.2 Å². The molecule has 0 aromatic heterocycles. The van der Waals surface area contributed by atoms with Gasteiger partial charge in [-0.15, -0.1) is 0 Å². The molecule has 0 spiro atoms. The van der Waals surface area contributed by atoms with Gasteiger partial charge < -0.3 is 10.4 Å². The Morgan fingerprint density at radius 1 is 1.16 bits per heavy atom.